The Hall–Kier alpha value is -2.28. The van der Waals surface area contributed by atoms with Gasteiger partial charge in [0.1, 0.15) is 10.7 Å². The second-order valence-electron chi connectivity index (χ2n) is 3.93. The van der Waals surface area contributed by atoms with Gasteiger partial charge in [-0.2, -0.15) is 5.10 Å². The van der Waals surface area contributed by atoms with Crippen molar-refractivity contribution in [1.29, 1.82) is 0 Å². The van der Waals surface area contributed by atoms with E-state index in [9.17, 15) is 9.18 Å². The average Bonchev–Trinajstić information content (AvgIpc) is 2.82. The number of nitrogens with one attached hydrogen (secondary N) is 1. The first-order chi connectivity index (χ1) is 9.60. The molecule has 7 heteroatoms. The van der Waals surface area contributed by atoms with Gasteiger partial charge in [-0.1, -0.05) is 30.4 Å². The summed E-state index contributed by atoms with van der Waals surface area (Å²) in [5.41, 5.74) is 9.32. The normalized spacial score (nSPS) is 10.9. The molecule has 0 spiro atoms. The van der Waals surface area contributed by atoms with Crippen LogP contribution >= 0.6 is 11.3 Å². The molecule has 0 atom stereocenters. The standard InChI is InChI=1S/C13H13FN4OS/c1-2-10-11(20-13(15)17-10)12(19)18-16-7-8-3-5-9(14)6-4-8/h3-7H,2H2,1H3,(H2,15,17)(H,18,19)/b16-7+. The minimum atomic E-state index is -0.352. The first kappa shape index (κ1) is 14.1. The molecular weight excluding hydrogens is 279 g/mol. The minimum absolute atomic E-state index is 0.320. The van der Waals surface area contributed by atoms with E-state index in [2.05, 4.69) is 15.5 Å². The van der Waals surface area contributed by atoms with Crippen LogP contribution in [0.15, 0.2) is 29.4 Å². The van der Waals surface area contributed by atoms with Gasteiger partial charge in [-0.15, -0.1) is 0 Å². The molecule has 1 aromatic heterocycles. The van der Waals surface area contributed by atoms with Crippen molar-refractivity contribution in [2.24, 2.45) is 5.10 Å². The quantitative estimate of drug-likeness (QED) is 0.669. The third kappa shape index (κ3) is 3.39. The number of aryl methyl sites for hydroxylation is 1. The maximum absolute atomic E-state index is 12.7. The molecule has 0 saturated carbocycles. The Balaban J connectivity index is 2.03. The third-order valence-electron chi connectivity index (χ3n) is 2.50. The Labute approximate surface area is 119 Å². The third-order valence-corrected chi connectivity index (χ3v) is 3.43. The van der Waals surface area contributed by atoms with Crippen molar-refractivity contribution in [2.45, 2.75) is 13.3 Å². The molecule has 1 amide bonds. The van der Waals surface area contributed by atoms with Crippen LogP contribution in [0.3, 0.4) is 0 Å². The van der Waals surface area contributed by atoms with E-state index in [1.54, 1.807) is 12.1 Å². The summed E-state index contributed by atoms with van der Waals surface area (Å²) in [5, 5.41) is 4.18. The summed E-state index contributed by atoms with van der Waals surface area (Å²) < 4.78 is 12.7. The van der Waals surface area contributed by atoms with Gasteiger partial charge >= 0.3 is 0 Å². The molecule has 2 rings (SSSR count). The lowest BCUT2D eigenvalue weighted by molar-refractivity contribution is 0.0958. The van der Waals surface area contributed by atoms with E-state index in [0.29, 0.717) is 27.7 Å². The van der Waals surface area contributed by atoms with Gasteiger partial charge in [-0.3, -0.25) is 4.79 Å². The highest BCUT2D eigenvalue weighted by atomic mass is 32.1. The van der Waals surface area contributed by atoms with Crippen LogP contribution < -0.4 is 11.2 Å². The van der Waals surface area contributed by atoms with Crippen molar-refractivity contribution in [3.8, 4) is 0 Å². The van der Waals surface area contributed by atoms with Crippen molar-refractivity contribution < 1.29 is 9.18 Å². The summed E-state index contributed by atoms with van der Waals surface area (Å²) in [7, 11) is 0. The van der Waals surface area contributed by atoms with Gasteiger partial charge in [0.25, 0.3) is 5.91 Å². The number of benzene rings is 1. The number of nitrogens with two attached hydrogens (primary N) is 1. The number of carbonyl (C=O) groups excluding carboxylic acids is 1. The first-order valence-electron chi connectivity index (χ1n) is 5.94. The number of aromatic nitrogens is 1. The second kappa shape index (κ2) is 6.25. The monoisotopic (exact) mass is 292 g/mol. The maximum atomic E-state index is 12.7. The van der Waals surface area contributed by atoms with Gasteiger partial charge in [0.15, 0.2) is 5.13 Å². The van der Waals surface area contributed by atoms with Crippen LogP contribution in [0, 0.1) is 5.82 Å². The van der Waals surface area contributed by atoms with Gasteiger partial charge in [0, 0.05) is 0 Å². The molecular formula is C13H13FN4OS. The number of rotatable bonds is 4. The van der Waals surface area contributed by atoms with Crippen LogP contribution in [0.4, 0.5) is 9.52 Å². The lowest BCUT2D eigenvalue weighted by Crippen LogP contribution is -2.17. The number of amides is 1. The molecule has 1 heterocycles. The van der Waals surface area contributed by atoms with Gasteiger partial charge in [0.05, 0.1) is 11.9 Å². The Morgan fingerprint density at radius 3 is 2.85 bits per heavy atom. The summed E-state index contributed by atoms with van der Waals surface area (Å²) >= 11 is 1.13. The predicted molar refractivity (Wildman–Crippen MR) is 77.4 cm³/mol. The predicted octanol–water partition coefficient (Wildman–Crippen LogP) is 2.19. The fourth-order valence-corrected chi connectivity index (χ4v) is 2.36. The molecule has 0 bridgehead atoms. The lowest BCUT2D eigenvalue weighted by atomic mass is 10.2. The molecule has 0 aliphatic carbocycles. The largest absolute Gasteiger partial charge is 0.375 e. The number of nitrogens with zero attached hydrogens (tertiary/aromatic N) is 2. The van der Waals surface area contributed by atoms with E-state index < -0.39 is 0 Å². The Morgan fingerprint density at radius 2 is 2.20 bits per heavy atom. The van der Waals surface area contributed by atoms with Gasteiger partial charge in [0.2, 0.25) is 0 Å². The van der Waals surface area contributed by atoms with Gasteiger partial charge in [-0.05, 0) is 24.1 Å². The fourth-order valence-electron chi connectivity index (χ4n) is 1.55. The van der Waals surface area contributed by atoms with Crippen LogP contribution in [0.1, 0.15) is 27.9 Å². The topological polar surface area (TPSA) is 80.4 Å². The summed E-state index contributed by atoms with van der Waals surface area (Å²) in [6, 6.07) is 5.77. The van der Waals surface area contributed by atoms with Crippen LogP contribution in [-0.2, 0) is 6.42 Å². The number of hydrogen-bond acceptors (Lipinski definition) is 5. The summed E-state index contributed by atoms with van der Waals surface area (Å²) in [6.07, 6.45) is 2.06. The molecule has 5 nitrogen and oxygen atoms in total. The SMILES string of the molecule is CCc1nc(N)sc1C(=O)N/N=C/c1ccc(F)cc1. The van der Waals surface area contributed by atoms with Gasteiger partial charge in [-0.25, -0.2) is 14.8 Å². The van der Waals surface area contributed by atoms with E-state index in [1.807, 2.05) is 6.92 Å². The van der Waals surface area contributed by atoms with E-state index >= 15 is 0 Å². The number of hydrazone groups is 1. The maximum Gasteiger partial charge on any atom is 0.283 e. The smallest absolute Gasteiger partial charge is 0.283 e. The number of halogens is 1. The molecule has 3 N–H and O–H groups in total. The van der Waals surface area contributed by atoms with Crippen LogP contribution in [0.5, 0.6) is 0 Å². The molecule has 0 aliphatic heterocycles. The van der Waals surface area contributed by atoms with E-state index in [1.165, 1.54) is 18.3 Å². The summed E-state index contributed by atoms with van der Waals surface area (Å²) in [4.78, 5) is 16.4. The van der Waals surface area contributed by atoms with Crippen molar-refractivity contribution in [1.82, 2.24) is 10.4 Å². The molecule has 0 saturated heterocycles. The lowest BCUT2D eigenvalue weighted by Gasteiger charge is -1.98. The highest BCUT2D eigenvalue weighted by Gasteiger charge is 2.15. The second-order valence-corrected chi connectivity index (χ2v) is 4.96. The number of hydrogen-bond donors (Lipinski definition) is 2. The first-order valence-corrected chi connectivity index (χ1v) is 6.76. The van der Waals surface area contributed by atoms with Gasteiger partial charge < -0.3 is 5.73 Å². The average molecular weight is 292 g/mol. The Kier molecular flexibility index (Phi) is 4.41. The summed E-state index contributed by atoms with van der Waals surface area (Å²) in [5.74, 6) is -0.673. The number of carbonyl (C=O) groups is 1. The molecule has 1 aromatic carbocycles. The number of nitrogen functional groups attached to an aromatic ring is 1. The molecule has 104 valence electrons. The highest BCUT2D eigenvalue weighted by Crippen LogP contribution is 2.20. The van der Waals surface area contributed by atoms with Crippen LogP contribution in [0.25, 0.3) is 0 Å². The molecule has 0 radical (unpaired) electrons. The number of thiazole rings is 1. The fraction of sp³-hybridized carbons (Fsp3) is 0.154. The highest BCUT2D eigenvalue weighted by molar-refractivity contribution is 7.17. The molecule has 20 heavy (non-hydrogen) atoms. The summed E-state index contributed by atoms with van der Waals surface area (Å²) in [6.45, 7) is 1.90. The zero-order valence-electron chi connectivity index (χ0n) is 10.8. The zero-order valence-corrected chi connectivity index (χ0v) is 11.6. The Bertz CT molecular complexity index is 636. The van der Waals surface area contributed by atoms with Crippen LogP contribution in [-0.4, -0.2) is 17.1 Å². The van der Waals surface area contributed by atoms with Crippen LogP contribution in [0.2, 0.25) is 0 Å². The zero-order chi connectivity index (χ0) is 14.5. The van der Waals surface area contributed by atoms with Crippen molar-refractivity contribution in [3.63, 3.8) is 0 Å². The number of anilines is 1. The Morgan fingerprint density at radius 1 is 1.50 bits per heavy atom. The molecule has 0 fully saturated rings. The van der Waals surface area contributed by atoms with Crippen molar-refractivity contribution >= 4 is 28.6 Å². The van der Waals surface area contributed by atoms with Crippen molar-refractivity contribution in [2.75, 3.05) is 5.73 Å². The van der Waals surface area contributed by atoms with Crippen molar-refractivity contribution in [3.05, 3.63) is 46.2 Å². The molecule has 0 unspecified atom stereocenters. The van der Waals surface area contributed by atoms with E-state index in [4.69, 9.17) is 5.73 Å². The minimum Gasteiger partial charge on any atom is -0.375 e. The molecule has 2 aromatic rings. The van der Waals surface area contributed by atoms with E-state index in [-0.39, 0.29) is 11.7 Å². The molecule has 0 aliphatic rings. The van der Waals surface area contributed by atoms with E-state index in [0.717, 1.165) is 11.3 Å².